The highest BCUT2D eigenvalue weighted by molar-refractivity contribution is 14.1. The Morgan fingerprint density at radius 2 is 2.00 bits per heavy atom. The van der Waals surface area contributed by atoms with Gasteiger partial charge in [-0.15, -0.1) is 0 Å². The van der Waals surface area contributed by atoms with Crippen molar-refractivity contribution >= 4 is 44.0 Å². The Kier molecular flexibility index (Phi) is 6.73. The standard InChI is InChI=1S/C22H24IN5O4S/c1-14-21(33(31,32)25-12-15-5-3-6-16(23)11-15)10-9-18(22(14)28(29)30)24-13-19-17-7-4-8-20(17)27(2)26-19/h3,5-6,9-11,24-25H,4,7-8,12-13H2,1-2H3. The fourth-order valence-corrected chi connectivity index (χ4v) is 6.14. The summed E-state index contributed by atoms with van der Waals surface area (Å²) in [7, 11) is -2.04. The van der Waals surface area contributed by atoms with Crippen LogP contribution in [-0.4, -0.2) is 23.1 Å². The van der Waals surface area contributed by atoms with Gasteiger partial charge in [-0.25, -0.2) is 13.1 Å². The van der Waals surface area contributed by atoms with Crippen LogP contribution in [0.2, 0.25) is 0 Å². The molecule has 2 N–H and O–H groups in total. The molecule has 0 bridgehead atoms. The summed E-state index contributed by atoms with van der Waals surface area (Å²) in [4.78, 5) is 11.2. The molecule has 0 saturated heterocycles. The lowest BCUT2D eigenvalue weighted by Gasteiger charge is -2.13. The number of benzene rings is 2. The van der Waals surface area contributed by atoms with Crippen LogP contribution in [0.4, 0.5) is 11.4 Å². The zero-order chi connectivity index (χ0) is 23.8. The lowest BCUT2D eigenvalue weighted by Crippen LogP contribution is -2.24. The number of hydrogen-bond acceptors (Lipinski definition) is 6. The smallest absolute Gasteiger partial charge is 0.296 e. The first-order valence-electron chi connectivity index (χ1n) is 10.5. The second-order valence-corrected chi connectivity index (χ2v) is 11.0. The molecule has 174 valence electrons. The Labute approximate surface area is 205 Å². The number of sulfonamides is 1. The number of nitrogens with one attached hydrogen (secondary N) is 2. The van der Waals surface area contributed by atoms with Crippen LogP contribution in [0.5, 0.6) is 0 Å². The van der Waals surface area contributed by atoms with E-state index in [0.29, 0.717) is 6.54 Å². The first kappa shape index (κ1) is 23.6. The van der Waals surface area contributed by atoms with Gasteiger partial charge in [0.1, 0.15) is 5.69 Å². The molecule has 0 amide bonds. The molecule has 1 aliphatic carbocycles. The molecule has 0 aliphatic heterocycles. The molecule has 4 rings (SSSR count). The van der Waals surface area contributed by atoms with E-state index >= 15 is 0 Å². The molecular formula is C22H24IN5O4S. The van der Waals surface area contributed by atoms with E-state index in [0.717, 1.165) is 34.1 Å². The van der Waals surface area contributed by atoms with Gasteiger partial charge in [-0.2, -0.15) is 5.10 Å². The highest BCUT2D eigenvalue weighted by Crippen LogP contribution is 2.34. The van der Waals surface area contributed by atoms with Gasteiger partial charge in [-0.1, -0.05) is 12.1 Å². The molecule has 1 aliphatic rings. The highest BCUT2D eigenvalue weighted by atomic mass is 127. The third kappa shape index (κ3) is 4.89. The largest absolute Gasteiger partial charge is 0.374 e. The van der Waals surface area contributed by atoms with Crippen LogP contribution >= 0.6 is 22.6 Å². The molecule has 0 radical (unpaired) electrons. The van der Waals surface area contributed by atoms with E-state index in [1.807, 2.05) is 36.0 Å². The van der Waals surface area contributed by atoms with Gasteiger partial charge in [0.05, 0.1) is 22.1 Å². The summed E-state index contributed by atoms with van der Waals surface area (Å²) >= 11 is 2.16. The number of aryl methyl sites for hydroxylation is 1. The average Bonchev–Trinajstić information content (AvgIpc) is 3.35. The number of rotatable bonds is 8. The summed E-state index contributed by atoms with van der Waals surface area (Å²) < 4.78 is 31.3. The van der Waals surface area contributed by atoms with Crippen molar-refractivity contribution in [2.45, 2.75) is 44.2 Å². The third-order valence-electron chi connectivity index (χ3n) is 5.85. The van der Waals surface area contributed by atoms with E-state index in [2.05, 4.69) is 37.7 Å². The maximum atomic E-state index is 12.9. The molecular weight excluding hydrogens is 557 g/mol. The van der Waals surface area contributed by atoms with Crippen LogP contribution in [0.15, 0.2) is 41.3 Å². The van der Waals surface area contributed by atoms with Gasteiger partial charge in [0.25, 0.3) is 5.69 Å². The second kappa shape index (κ2) is 9.39. The van der Waals surface area contributed by atoms with E-state index in [1.165, 1.54) is 30.3 Å². The normalized spacial score (nSPS) is 13.2. The zero-order valence-corrected chi connectivity index (χ0v) is 21.2. The van der Waals surface area contributed by atoms with E-state index in [4.69, 9.17) is 0 Å². The monoisotopic (exact) mass is 581 g/mol. The van der Waals surface area contributed by atoms with Crippen LogP contribution in [0.1, 0.15) is 34.5 Å². The lowest BCUT2D eigenvalue weighted by molar-refractivity contribution is -0.384. The second-order valence-electron chi connectivity index (χ2n) is 8.00. The first-order valence-corrected chi connectivity index (χ1v) is 13.0. The SMILES string of the molecule is Cc1c(S(=O)(=O)NCc2cccc(I)c2)ccc(NCc2nn(C)c3c2CCC3)c1[N+](=O)[O-]. The average molecular weight is 581 g/mol. The van der Waals surface area contributed by atoms with Gasteiger partial charge >= 0.3 is 0 Å². The molecule has 1 aromatic heterocycles. The summed E-state index contributed by atoms with van der Waals surface area (Å²) in [5.41, 5.74) is 4.19. The lowest BCUT2D eigenvalue weighted by atomic mass is 10.1. The summed E-state index contributed by atoms with van der Waals surface area (Å²) in [6.07, 6.45) is 3.01. The van der Waals surface area contributed by atoms with Crippen molar-refractivity contribution in [2.24, 2.45) is 7.05 Å². The summed E-state index contributed by atoms with van der Waals surface area (Å²) in [5.74, 6) is 0. The zero-order valence-electron chi connectivity index (χ0n) is 18.3. The van der Waals surface area contributed by atoms with E-state index in [-0.39, 0.29) is 28.4 Å². The van der Waals surface area contributed by atoms with Crippen molar-refractivity contribution in [3.8, 4) is 0 Å². The number of nitro groups is 1. The Balaban J connectivity index is 1.58. The maximum Gasteiger partial charge on any atom is 0.296 e. The van der Waals surface area contributed by atoms with Gasteiger partial charge < -0.3 is 5.32 Å². The maximum absolute atomic E-state index is 12.9. The predicted octanol–water partition coefficient (Wildman–Crippen LogP) is 3.82. The van der Waals surface area contributed by atoms with Crippen molar-refractivity contribution in [2.75, 3.05) is 5.32 Å². The Morgan fingerprint density at radius 1 is 1.21 bits per heavy atom. The Morgan fingerprint density at radius 3 is 2.73 bits per heavy atom. The quantitative estimate of drug-likeness (QED) is 0.237. The van der Waals surface area contributed by atoms with Gasteiger partial charge in [0.2, 0.25) is 10.0 Å². The molecule has 1 heterocycles. The minimum Gasteiger partial charge on any atom is -0.374 e. The number of nitro benzene ring substituents is 1. The molecule has 3 aromatic rings. The summed E-state index contributed by atoms with van der Waals surface area (Å²) in [6.45, 7) is 1.89. The first-order chi connectivity index (χ1) is 15.7. The number of nitrogens with zero attached hydrogens (tertiary/aromatic N) is 3. The van der Waals surface area contributed by atoms with E-state index < -0.39 is 14.9 Å². The fraction of sp³-hybridized carbons (Fsp3) is 0.318. The predicted molar refractivity (Wildman–Crippen MR) is 134 cm³/mol. The molecule has 0 spiro atoms. The third-order valence-corrected chi connectivity index (χ3v) is 8.07. The minimum atomic E-state index is -3.95. The van der Waals surface area contributed by atoms with Crippen molar-refractivity contribution in [1.82, 2.24) is 14.5 Å². The van der Waals surface area contributed by atoms with Gasteiger partial charge in [0.15, 0.2) is 0 Å². The number of hydrogen-bond donors (Lipinski definition) is 2. The van der Waals surface area contributed by atoms with E-state index in [9.17, 15) is 18.5 Å². The molecule has 33 heavy (non-hydrogen) atoms. The number of halogens is 1. The fourth-order valence-electron chi connectivity index (χ4n) is 4.27. The topological polar surface area (TPSA) is 119 Å². The summed E-state index contributed by atoms with van der Waals surface area (Å²) in [6, 6.07) is 10.3. The number of fused-ring (bicyclic) bond motifs is 1. The summed E-state index contributed by atoms with van der Waals surface area (Å²) in [5, 5.41) is 19.5. The van der Waals surface area contributed by atoms with Crippen LogP contribution in [0, 0.1) is 20.6 Å². The van der Waals surface area contributed by atoms with Crippen LogP contribution in [0.25, 0.3) is 0 Å². The van der Waals surface area contributed by atoms with Crippen molar-refractivity contribution in [1.29, 1.82) is 0 Å². The van der Waals surface area contributed by atoms with Crippen LogP contribution in [0.3, 0.4) is 0 Å². The van der Waals surface area contributed by atoms with Crippen molar-refractivity contribution in [3.05, 3.63) is 78.2 Å². The molecule has 9 nitrogen and oxygen atoms in total. The Hall–Kier alpha value is -2.51. The minimum absolute atomic E-state index is 0.0893. The molecule has 0 atom stereocenters. The molecule has 0 saturated carbocycles. The van der Waals surface area contributed by atoms with Crippen molar-refractivity contribution in [3.63, 3.8) is 0 Å². The van der Waals surface area contributed by atoms with Crippen LogP contribution < -0.4 is 10.0 Å². The number of anilines is 1. The molecule has 0 unspecified atom stereocenters. The van der Waals surface area contributed by atoms with Gasteiger partial charge in [0, 0.05) is 28.4 Å². The highest BCUT2D eigenvalue weighted by Gasteiger charge is 2.27. The molecule has 2 aromatic carbocycles. The Bertz CT molecular complexity index is 1340. The number of aromatic nitrogens is 2. The van der Waals surface area contributed by atoms with Crippen LogP contribution in [-0.2, 0) is 43.0 Å². The van der Waals surface area contributed by atoms with Gasteiger partial charge in [-0.3, -0.25) is 14.8 Å². The molecule has 11 heteroatoms. The molecule has 0 fully saturated rings. The van der Waals surface area contributed by atoms with Gasteiger partial charge in [-0.05, 0) is 84.2 Å². The van der Waals surface area contributed by atoms with Crippen molar-refractivity contribution < 1.29 is 13.3 Å². The van der Waals surface area contributed by atoms with E-state index in [1.54, 1.807) is 0 Å².